The van der Waals surface area contributed by atoms with Crippen molar-refractivity contribution < 1.29 is 9.47 Å². The van der Waals surface area contributed by atoms with Crippen molar-refractivity contribution in [2.24, 2.45) is 4.99 Å². The van der Waals surface area contributed by atoms with Crippen molar-refractivity contribution in [2.75, 3.05) is 26.4 Å². The zero-order chi connectivity index (χ0) is 17.8. The van der Waals surface area contributed by atoms with Gasteiger partial charge in [-0.05, 0) is 62.1 Å². The molecule has 0 bridgehead atoms. The number of amidine groups is 1. The Morgan fingerprint density at radius 3 is 2.12 bits per heavy atom. The van der Waals surface area contributed by atoms with Crippen LogP contribution in [0.2, 0.25) is 0 Å². The second-order valence-corrected chi connectivity index (χ2v) is 6.52. The van der Waals surface area contributed by atoms with Gasteiger partial charge in [0.25, 0.3) is 0 Å². The highest BCUT2D eigenvalue weighted by atomic mass is 16.5. The van der Waals surface area contributed by atoms with E-state index >= 15 is 0 Å². The summed E-state index contributed by atoms with van der Waals surface area (Å²) in [5.74, 6) is 2.80. The van der Waals surface area contributed by atoms with Crippen molar-refractivity contribution >= 4 is 5.84 Å². The molecular weight excluding hydrogens is 312 g/mol. The normalized spacial score (nSPS) is 13.8. The molecule has 0 unspecified atom stereocenters. The third-order valence-corrected chi connectivity index (χ3v) is 4.87. The summed E-state index contributed by atoms with van der Waals surface area (Å²) in [7, 11) is 0. The van der Waals surface area contributed by atoms with E-state index in [1.165, 1.54) is 22.3 Å². The quantitative estimate of drug-likeness (QED) is 0.797. The van der Waals surface area contributed by atoms with Crippen LogP contribution in [0.3, 0.4) is 0 Å². The lowest BCUT2D eigenvalue weighted by Gasteiger charge is -2.22. The number of hydrogen-bond acceptors (Lipinski definition) is 4. The molecule has 0 fully saturated rings. The van der Waals surface area contributed by atoms with Crippen LogP contribution >= 0.6 is 0 Å². The van der Waals surface area contributed by atoms with Gasteiger partial charge in [0.2, 0.25) is 0 Å². The molecule has 132 valence electrons. The highest BCUT2D eigenvalue weighted by Crippen LogP contribution is 2.22. The predicted molar refractivity (Wildman–Crippen MR) is 102 cm³/mol. The summed E-state index contributed by atoms with van der Waals surface area (Å²) in [4.78, 5) is 6.72. The van der Waals surface area contributed by atoms with Gasteiger partial charge in [0.15, 0.2) is 6.73 Å². The van der Waals surface area contributed by atoms with Crippen LogP contribution in [-0.4, -0.2) is 37.2 Å². The van der Waals surface area contributed by atoms with Crippen LogP contribution in [-0.2, 0) is 0 Å². The van der Waals surface area contributed by atoms with E-state index in [4.69, 9.17) is 9.47 Å². The summed E-state index contributed by atoms with van der Waals surface area (Å²) >= 11 is 0. The van der Waals surface area contributed by atoms with Crippen LogP contribution in [0.4, 0.5) is 0 Å². The van der Waals surface area contributed by atoms with E-state index in [-0.39, 0.29) is 0 Å². The van der Waals surface area contributed by atoms with Gasteiger partial charge in [-0.1, -0.05) is 24.3 Å². The minimum Gasteiger partial charge on any atom is -0.485 e. The first-order chi connectivity index (χ1) is 12.1. The molecule has 1 aliphatic heterocycles. The summed E-state index contributed by atoms with van der Waals surface area (Å²) < 4.78 is 12.0. The number of ether oxygens (including phenoxy) is 2. The Labute approximate surface area is 150 Å². The molecule has 0 spiro atoms. The molecule has 0 saturated carbocycles. The number of aryl methyl sites for hydroxylation is 2. The topological polar surface area (TPSA) is 34.1 Å². The molecule has 0 saturated heterocycles. The van der Waals surface area contributed by atoms with Crippen molar-refractivity contribution in [3.63, 3.8) is 0 Å². The maximum atomic E-state index is 6.02. The first-order valence-corrected chi connectivity index (χ1v) is 8.72. The van der Waals surface area contributed by atoms with Crippen LogP contribution < -0.4 is 9.47 Å². The number of hydrogen-bond donors (Lipinski definition) is 0. The third kappa shape index (κ3) is 3.95. The zero-order valence-corrected chi connectivity index (χ0v) is 15.5. The second kappa shape index (κ2) is 7.60. The lowest BCUT2D eigenvalue weighted by molar-refractivity contribution is 0.194. The number of nitrogens with zero attached hydrogens (tertiary/aromatic N) is 2. The molecule has 0 atom stereocenters. The first kappa shape index (κ1) is 17.3. The molecule has 1 aliphatic rings. The van der Waals surface area contributed by atoms with Crippen molar-refractivity contribution in [1.29, 1.82) is 0 Å². The molecular formula is C21H26N2O2. The monoisotopic (exact) mass is 338 g/mol. The average Bonchev–Trinajstić information content (AvgIpc) is 3.05. The standard InChI is InChI=1S/C21H26N2O2/c1-15-7-5-9-19(17(15)3)24-13-21-22-11-12-23(21)14-25-20-10-6-8-16(2)18(20)4/h5-10H,11-14H2,1-4H3. The fourth-order valence-electron chi connectivity index (χ4n) is 2.86. The number of benzene rings is 2. The second-order valence-electron chi connectivity index (χ2n) is 6.52. The Bertz CT molecular complexity index is 783. The Morgan fingerprint density at radius 1 is 0.880 bits per heavy atom. The molecule has 0 aliphatic carbocycles. The number of aliphatic imine (C=N–C) groups is 1. The van der Waals surface area contributed by atoms with Gasteiger partial charge < -0.3 is 14.4 Å². The van der Waals surface area contributed by atoms with Gasteiger partial charge in [0, 0.05) is 6.54 Å². The largest absolute Gasteiger partial charge is 0.485 e. The molecule has 0 N–H and O–H groups in total. The zero-order valence-electron chi connectivity index (χ0n) is 15.5. The van der Waals surface area contributed by atoms with E-state index in [0.29, 0.717) is 13.3 Å². The maximum absolute atomic E-state index is 6.02. The van der Waals surface area contributed by atoms with Crippen LogP contribution in [0.25, 0.3) is 0 Å². The molecule has 2 aromatic rings. The highest BCUT2D eigenvalue weighted by molar-refractivity contribution is 5.85. The van der Waals surface area contributed by atoms with Crippen LogP contribution in [0.1, 0.15) is 22.3 Å². The fraction of sp³-hybridized carbons (Fsp3) is 0.381. The molecule has 2 aromatic carbocycles. The highest BCUT2D eigenvalue weighted by Gasteiger charge is 2.18. The molecule has 3 rings (SSSR count). The Balaban J connectivity index is 1.59. The fourth-order valence-corrected chi connectivity index (χ4v) is 2.86. The van der Waals surface area contributed by atoms with Gasteiger partial charge in [-0.2, -0.15) is 0 Å². The maximum Gasteiger partial charge on any atom is 0.162 e. The van der Waals surface area contributed by atoms with E-state index in [2.05, 4.69) is 49.7 Å². The van der Waals surface area contributed by atoms with Crippen molar-refractivity contribution in [3.8, 4) is 11.5 Å². The van der Waals surface area contributed by atoms with E-state index in [1.54, 1.807) is 0 Å². The summed E-state index contributed by atoms with van der Waals surface area (Å²) in [5.41, 5.74) is 4.85. The van der Waals surface area contributed by atoms with Crippen molar-refractivity contribution in [3.05, 3.63) is 58.7 Å². The van der Waals surface area contributed by atoms with Gasteiger partial charge in [0.1, 0.15) is 23.9 Å². The minimum absolute atomic E-state index is 0.473. The molecule has 4 nitrogen and oxygen atoms in total. The first-order valence-electron chi connectivity index (χ1n) is 8.72. The molecule has 25 heavy (non-hydrogen) atoms. The molecule has 0 amide bonds. The third-order valence-electron chi connectivity index (χ3n) is 4.87. The van der Waals surface area contributed by atoms with Crippen molar-refractivity contribution in [2.45, 2.75) is 27.7 Å². The van der Waals surface area contributed by atoms with Gasteiger partial charge >= 0.3 is 0 Å². The Morgan fingerprint density at radius 2 is 1.48 bits per heavy atom. The number of rotatable bonds is 6. The Kier molecular flexibility index (Phi) is 5.27. The molecule has 0 aromatic heterocycles. The lowest BCUT2D eigenvalue weighted by Crippen LogP contribution is -2.35. The van der Waals surface area contributed by atoms with E-state index in [9.17, 15) is 0 Å². The van der Waals surface area contributed by atoms with Crippen molar-refractivity contribution in [1.82, 2.24) is 4.90 Å². The summed E-state index contributed by atoms with van der Waals surface area (Å²) in [6, 6.07) is 12.3. The average molecular weight is 338 g/mol. The van der Waals surface area contributed by atoms with Crippen LogP contribution in [0.15, 0.2) is 41.4 Å². The van der Waals surface area contributed by atoms with Gasteiger partial charge in [0.05, 0.1) is 6.54 Å². The van der Waals surface area contributed by atoms with Gasteiger partial charge in [-0.3, -0.25) is 4.99 Å². The molecule has 0 radical (unpaired) electrons. The lowest BCUT2D eigenvalue weighted by atomic mass is 10.1. The van der Waals surface area contributed by atoms with Crippen LogP contribution in [0, 0.1) is 27.7 Å². The SMILES string of the molecule is Cc1cccc(OCC2=NCCN2COc2cccc(C)c2C)c1C. The van der Waals surface area contributed by atoms with Gasteiger partial charge in [-0.25, -0.2) is 0 Å². The van der Waals surface area contributed by atoms with Crippen LogP contribution in [0.5, 0.6) is 11.5 Å². The minimum atomic E-state index is 0.473. The summed E-state index contributed by atoms with van der Waals surface area (Å²) in [6.45, 7) is 11.0. The summed E-state index contributed by atoms with van der Waals surface area (Å²) in [5, 5.41) is 0. The molecule has 1 heterocycles. The van der Waals surface area contributed by atoms with E-state index < -0.39 is 0 Å². The van der Waals surface area contributed by atoms with E-state index in [0.717, 1.165) is 30.4 Å². The molecule has 4 heteroatoms. The smallest absolute Gasteiger partial charge is 0.162 e. The van der Waals surface area contributed by atoms with Gasteiger partial charge in [-0.15, -0.1) is 0 Å². The predicted octanol–water partition coefficient (Wildman–Crippen LogP) is 4.05. The Hall–Kier alpha value is -2.49. The summed E-state index contributed by atoms with van der Waals surface area (Å²) in [6.07, 6.45) is 0. The van der Waals surface area contributed by atoms with E-state index in [1.807, 2.05) is 24.3 Å².